The fraction of sp³-hybridized carbons (Fsp3) is 0.917. The molecule has 0 atom stereocenters. The van der Waals surface area contributed by atoms with Gasteiger partial charge in [-0.15, -0.1) is 0 Å². The third kappa shape index (κ3) is 4.94. The van der Waals surface area contributed by atoms with Crippen molar-refractivity contribution in [3.05, 3.63) is 0 Å². The molecule has 5 nitrogen and oxygen atoms in total. The lowest BCUT2D eigenvalue weighted by Crippen LogP contribution is -2.25. The molecule has 1 saturated carbocycles. The van der Waals surface area contributed by atoms with Crippen LogP contribution in [0.3, 0.4) is 0 Å². The first kappa shape index (κ1) is 15.4. The van der Waals surface area contributed by atoms with E-state index in [2.05, 4.69) is 11.1 Å². The van der Waals surface area contributed by atoms with Crippen LogP contribution in [-0.4, -0.2) is 33.9 Å². The molecule has 0 amide bonds. The maximum absolute atomic E-state index is 11.7. The molecule has 0 aromatic rings. The molecule has 1 aliphatic carbocycles. The molecule has 0 unspecified atom stereocenters. The van der Waals surface area contributed by atoms with Gasteiger partial charge in [-0.1, -0.05) is 13.3 Å². The highest BCUT2D eigenvalue weighted by Crippen LogP contribution is 2.31. The molecule has 1 rings (SSSR count). The van der Waals surface area contributed by atoms with Gasteiger partial charge in [-0.25, -0.2) is 0 Å². The molecule has 18 heavy (non-hydrogen) atoms. The Morgan fingerprint density at radius 1 is 1.22 bits per heavy atom. The van der Waals surface area contributed by atoms with Crippen LogP contribution in [0.25, 0.3) is 0 Å². The Morgan fingerprint density at radius 3 is 2.33 bits per heavy atom. The van der Waals surface area contributed by atoms with Crippen LogP contribution in [0.2, 0.25) is 0 Å². The Hall–Kier alpha value is -0.620. The largest absolute Gasteiger partial charge is 0.464 e. The highest BCUT2D eigenvalue weighted by Gasteiger charge is 2.26. The van der Waals surface area contributed by atoms with Gasteiger partial charge in [0.25, 0.3) is 10.1 Å². The van der Waals surface area contributed by atoms with E-state index in [1.54, 1.807) is 0 Å². The SMILES string of the molecule is CCC1CCC(C(=O)OCCS(=O)(=O)OC)CC1. The zero-order valence-corrected chi connectivity index (χ0v) is 11.9. The van der Waals surface area contributed by atoms with Gasteiger partial charge in [-0.05, 0) is 31.6 Å². The monoisotopic (exact) mass is 278 g/mol. The van der Waals surface area contributed by atoms with E-state index < -0.39 is 10.1 Å². The van der Waals surface area contributed by atoms with Crippen LogP contribution < -0.4 is 0 Å². The molecule has 0 spiro atoms. The summed E-state index contributed by atoms with van der Waals surface area (Å²) in [4.78, 5) is 11.7. The van der Waals surface area contributed by atoms with E-state index in [1.165, 1.54) is 0 Å². The molecule has 106 valence electrons. The van der Waals surface area contributed by atoms with Crippen LogP contribution in [-0.2, 0) is 23.8 Å². The highest BCUT2D eigenvalue weighted by molar-refractivity contribution is 7.86. The summed E-state index contributed by atoms with van der Waals surface area (Å²) >= 11 is 0. The molecule has 0 radical (unpaired) electrons. The van der Waals surface area contributed by atoms with Gasteiger partial charge in [0.2, 0.25) is 0 Å². The summed E-state index contributed by atoms with van der Waals surface area (Å²) in [7, 11) is -2.44. The Kier molecular flexibility index (Phi) is 6.08. The van der Waals surface area contributed by atoms with E-state index in [1.807, 2.05) is 0 Å². The minimum atomic E-state index is -3.54. The number of rotatable bonds is 6. The second-order valence-electron chi connectivity index (χ2n) is 4.72. The summed E-state index contributed by atoms with van der Waals surface area (Å²) in [5.74, 6) is 0.122. The molecule has 1 fully saturated rings. The molecule has 0 bridgehead atoms. The number of carbonyl (C=O) groups excluding carboxylic acids is 1. The van der Waals surface area contributed by atoms with E-state index in [0.717, 1.165) is 45.1 Å². The fourth-order valence-electron chi connectivity index (χ4n) is 2.25. The lowest BCUT2D eigenvalue weighted by Gasteiger charge is -2.26. The van der Waals surface area contributed by atoms with Gasteiger partial charge in [0, 0.05) is 0 Å². The van der Waals surface area contributed by atoms with E-state index in [9.17, 15) is 13.2 Å². The van der Waals surface area contributed by atoms with Crippen LogP contribution >= 0.6 is 0 Å². The van der Waals surface area contributed by atoms with Crippen molar-refractivity contribution in [3.63, 3.8) is 0 Å². The van der Waals surface area contributed by atoms with Crippen molar-refractivity contribution in [1.29, 1.82) is 0 Å². The van der Waals surface area contributed by atoms with Gasteiger partial charge < -0.3 is 4.74 Å². The quantitative estimate of drug-likeness (QED) is 0.546. The lowest BCUT2D eigenvalue weighted by molar-refractivity contribution is -0.149. The summed E-state index contributed by atoms with van der Waals surface area (Å²) in [5.41, 5.74) is 0. The van der Waals surface area contributed by atoms with E-state index in [0.29, 0.717) is 0 Å². The smallest absolute Gasteiger partial charge is 0.308 e. The summed E-state index contributed by atoms with van der Waals surface area (Å²) in [6, 6.07) is 0. The molecule has 0 saturated heterocycles. The Balaban J connectivity index is 2.26. The number of ether oxygens (including phenoxy) is 1. The minimum Gasteiger partial charge on any atom is -0.464 e. The van der Waals surface area contributed by atoms with Crippen LogP contribution in [0.4, 0.5) is 0 Å². The van der Waals surface area contributed by atoms with Crippen LogP contribution in [0.1, 0.15) is 39.0 Å². The summed E-state index contributed by atoms with van der Waals surface area (Å²) in [5, 5.41) is 0. The van der Waals surface area contributed by atoms with E-state index >= 15 is 0 Å². The molecule has 0 aliphatic heterocycles. The maximum Gasteiger partial charge on any atom is 0.308 e. The fourth-order valence-corrected chi connectivity index (χ4v) is 2.71. The first-order chi connectivity index (χ1) is 8.48. The van der Waals surface area contributed by atoms with Crippen molar-refractivity contribution in [1.82, 2.24) is 0 Å². The van der Waals surface area contributed by atoms with Crippen molar-refractivity contribution >= 4 is 16.1 Å². The number of hydrogen-bond donors (Lipinski definition) is 0. The maximum atomic E-state index is 11.7. The first-order valence-corrected chi connectivity index (χ1v) is 8.01. The Morgan fingerprint density at radius 2 is 1.83 bits per heavy atom. The third-order valence-corrected chi connectivity index (χ3v) is 4.76. The van der Waals surface area contributed by atoms with Crippen molar-refractivity contribution in [2.75, 3.05) is 19.5 Å². The Labute approximate surface area is 109 Å². The highest BCUT2D eigenvalue weighted by atomic mass is 32.2. The van der Waals surface area contributed by atoms with Crippen molar-refractivity contribution in [2.24, 2.45) is 11.8 Å². The second-order valence-corrected chi connectivity index (χ2v) is 6.58. The number of carbonyl (C=O) groups is 1. The molecule has 0 aromatic heterocycles. The molecule has 1 aliphatic rings. The average Bonchev–Trinajstić information content (AvgIpc) is 2.38. The van der Waals surface area contributed by atoms with Gasteiger partial charge in [-0.2, -0.15) is 8.42 Å². The molecule has 6 heteroatoms. The summed E-state index contributed by atoms with van der Waals surface area (Å²) < 4.78 is 31.3. The molecule has 0 heterocycles. The van der Waals surface area contributed by atoms with Gasteiger partial charge in [0.05, 0.1) is 13.0 Å². The topological polar surface area (TPSA) is 69.7 Å². The normalized spacial score (nSPS) is 24.8. The van der Waals surface area contributed by atoms with Crippen LogP contribution in [0.15, 0.2) is 0 Å². The lowest BCUT2D eigenvalue weighted by atomic mass is 9.81. The zero-order valence-electron chi connectivity index (χ0n) is 11.1. The van der Waals surface area contributed by atoms with Crippen molar-refractivity contribution < 1.29 is 22.1 Å². The van der Waals surface area contributed by atoms with Gasteiger partial charge in [0.1, 0.15) is 12.4 Å². The van der Waals surface area contributed by atoms with Gasteiger partial charge in [-0.3, -0.25) is 8.98 Å². The van der Waals surface area contributed by atoms with E-state index in [-0.39, 0.29) is 24.2 Å². The minimum absolute atomic E-state index is 0.0574. The van der Waals surface area contributed by atoms with Crippen molar-refractivity contribution in [2.45, 2.75) is 39.0 Å². The van der Waals surface area contributed by atoms with Crippen molar-refractivity contribution in [3.8, 4) is 0 Å². The predicted octanol–water partition coefficient (Wildman–Crippen LogP) is 1.72. The number of hydrogen-bond acceptors (Lipinski definition) is 5. The molecular weight excluding hydrogens is 256 g/mol. The van der Waals surface area contributed by atoms with Gasteiger partial charge >= 0.3 is 5.97 Å². The van der Waals surface area contributed by atoms with E-state index in [4.69, 9.17) is 4.74 Å². The molecule has 0 N–H and O–H groups in total. The summed E-state index contributed by atoms with van der Waals surface area (Å²) in [6.45, 7) is 2.04. The first-order valence-electron chi connectivity index (χ1n) is 6.43. The molecular formula is C12H22O5S. The second kappa shape index (κ2) is 7.09. The third-order valence-electron chi connectivity index (χ3n) is 3.59. The zero-order chi connectivity index (χ0) is 13.6. The molecule has 0 aromatic carbocycles. The summed E-state index contributed by atoms with van der Waals surface area (Å²) in [6.07, 6.45) is 5.00. The van der Waals surface area contributed by atoms with Crippen LogP contribution in [0.5, 0.6) is 0 Å². The van der Waals surface area contributed by atoms with Gasteiger partial charge in [0.15, 0.2) is 0 Å². The average molecular weight is 278 g/mol. The standard InChI is InChI=1S/C12H22O5S/c1-3-10-4-6-11(7-5-10)12(13)17-8-9-18(14,15)16-2/h10-11H,3-9H2,1-2H3. The predicted molar refractivity (Wildman–Crippen MR) is 67.5 cm³/mol. The number of esters is 1. The Bertz CT molecular complexity index is 355. The van der Waals surface area contributed by atoms with Crippen LogP contribution in [0, 0.1) is 11.8 Å².